The number of rotatable bonds is 1. The molecule has 2 rings (SSSR count). The van der Waals surface area contributed by atoms with E-state index in [1.165, 1.54) is 0 Å². The third kappa shape index (κ3) is 2.76. The summed E-state index contributed by atoms with van der Waals surface area (Å²) < 4.78 is 10.5. The first-order valence-electron chi connectivity index (χ1n) is 5.83. The van der Waals surface area contributed by atoms with Gasteiger partial charge in [0.05, 0.1) is 11.1 Å². The molecule has 0 bridgehead atoms. The number of hydrogen-bond donors (Lipinski definition) is 1. The number of carbonyl (C=O) groups excluding carboxylic acids is 1. The van der Waals surface area contributed by atoms with Gasteiger partial charge in [-0.3, -0.25) is 4.79 Å². The number of ether oxygens (including phenoxy) is 1. The van der Waals surface area contributed by atoms with Crippen LogP contribution in [-0.2, 0) is 4.74 Å². The van der Waals surface area contributed by atoms with Crippen molar-refractivity contribution in [1.82, 2.24) is 0 Å². The van der Waals surface area contributed by atoms with E-state index in [0.717, 1.165) is 6.07 Å². The highest BCUT2D eigenvalue weighted by Crippen LogP contribution is 2.20. The molecule has 0 aliphatic carbocycles. The first kappa shape index (κ1) is 13.1. The van der Waals surface area contributed by atoms with E-state index in [1.807, 2.05) is 0 Å². The van der Waals surface area contributed by atoms with Gasteiger partial charge in [-0.05, 0) is 32.9 Å². The molecule has 100 valence electrons. The smallest absolute Gasteiger partial charge is 0.374 e. The maximum Gasteiger partial charge on any atom is 0.374 e. The number of fused-ring (bicyclic) bond motifs is 1. The molecule has 0 saturated carbocycles. The molecular formula is C14H15NO4. The van der Waals surface area contributed by atoms with Gasteiger partial charge in [-0.25, -0.2) is 4.79 Å². The minimum atomic E-state index is -0.685. The quantitative estimate of drug-likeness (QED) is 0.629. The van der Waals surface area contributed by atoms with Gasteiger partial charge in [-0.1, -0.05) is 6.07 Å². The summed E-state index contributed by atoms with van der Waals surface area (Å²) in [7, 11) is 0. The monoisotopic (exact) mass is 261 g/mol. The van der Waals surface area contributed by atoms with Gasteiger partial charge >= 0.3 is 5.97 Å². The standard InChI is InChI=1S/C14H15NO4/c1-14(2,3)19-13(17)11-7-10(16)8-5-4-6-9(15)12(8)18-11/h4-7H,15H2,1-3H3. The van der Waals surface area contributed by atoms with Crippen LogP contribution in [0.25, 0.3) is 11.0 Å². The molecule has 0 spiro atoms. The maximum absolute atomic E-state index is 11.9. The molecule has 1 aromatic heterocycles. The van der Waals surface area contributed by atoms with Gasteiger partial charge in [-0.15, -0.1) is 0 Å². The lowest BCUT2D eigenvalue weighted by atomic mass is 10.2. The Morgan fingerprint density at radius 2 is 2.00 bits per heavy atom. The molecule has 0 saturated heterocycles. The van der Waals surface area contributed by atoms with Crippen molar-refractivity contribution in [3.05, 3.63) is 40.2 Å². The van der Waals surface area contributed by atoms with Crippen LogP contribution >= 0.6 is 0 Å². The molecule has 0 aliphatic rings. The zero-order valence-electron chi connectivity index (χ0n) is 11.0. The Morgan fingerprint density at radius 3 is 2.63 bits per heavy atom. The molecule has 2 aromatic rings. The Bertz CT molecular complexity index is 695. The Kier molecular flexibility index (Phi) is 3.06. The van der Waals surface area contributed by atoms with Crippen LogP contribution in [0.3, 0.4) is 0 Å². The highest BCUT2D eigenvalue weighted by molar-refractivity contribution is 5.92. The lowest BCUT2D eigenvalue weighted by molar-refractivity contribution is 0.00365. The van der Waals surface area contributed by atoms with Crippen LogP contribution < -0.4 is 11.2 Å². The molecule has 5 heteroatoms. The summed E-state index contributed by atoms with van der Waals surface area (Å²) in [4.78, 5) is 23.8. The van der Waals surface area contributed by atoms with E-state index >= 15 is 0 Å². The predicted octanol–water partition coefficient (Wildman–Crippen LogP) is 2.33. The van der Waals surface area contributed by atoms with E-state index in [-0.39, 0.29) is 16.8 Å². The highest BCUT2D eigenvalue weighted by Gasteiger charge is 2.21. The second-order valence-corrected chi connectivity index (χ2v) is 5.20. The van der Waals surface area contributed by atoms with E-state index in [9.17, 15) is 9.59 Å². The molecule has 5 nitrogen and oxygen atoms in total. The minimum absolute atomic E-state index is 0.148. The predicted molar refractivity (Wildman–Crippen MR) is 72.1 cm³/mol. The topological polar surface area (TPSA) is 82.5 Å². The van der Waals surface area contributed by atoms with Crippen LogP contribution in [0.2, 0.25) is 0 Å². The van der Waals surface area contributed by atoms with Gasteiger partial charge in [0, 0.05) is 6.07 Å². The van der Waals surface area contributed by atoms with Crippen molar-refractivity contribution in [1.29, 1.82) is 0 Å². The summed E-state index contributed by atoms with van der Waals surface area (Å²) in [6.45, 7) is 5.20. The van der Waals surface area contributed by atoms with Crippen LogP contribution in [0.5, 0.6) is 0 Å². The zero-order chi connectivity index (χ0) is 14.2. The summed E-state index contributed by atoms with van der Waals surface area (Å²) in [5.74, 6) is -0.833. The minimum Gasteiger partial charge on any atom is -0.454 e. The van der Waals surface area contributed by atoms with Gasteiger partial charge in [0.15, 0.2) is 11.0 Å². The van der Waals surface area contributed by atoms with Gasteiger partial charge in [0.25, 0.3) is 0 Å². The molecule has 0 unspecified atom stereocenters. The number of esters is 1. The molecule has 0 amide bonds. The lowest BCUT2D eigenvalue weighted by Gasteiger charge is -2.18. The third-order valence-corrected chi connectivity index (χ3v) is 2.39. The number of benzene rings is 1. The number of hydrogen-bond acceptors (Lipinski definition) is 5. The van der Waals surface area contributed by atoms with E-state index < -0.39 is 11.6 Å². The van der Waals surface area contributed by atoms with E-state index in [2.05, 4.69) is 0 Å². The summed E-state index contributed by atoms with van der Waals surface area (Å²) in [6, 6.07) is 5.97. The highest BCUT2D eigenvalue weighted by atomic mass is 16.6. The van der Waals surface area contributed by atoms with E-state index in [4.69, 9.17) is 14.9 Å². The van der Waals surface area contributed by atoms with Crippen LogP contribution in [0.15, 0.2) is 33.5 Å². The fraction of sp³-hybridized carbons (Fsp3) is 0.286. The lowest BCUT2D eigenvalue weighted by Crippen LogP contribution is -2.24. The van der Waals surface area contributed by atoms with Crippen LogP contribution in [0.1, 0.15) is 31.3 Å². The van der Waals surface area contributed by atoms with Crippen molar-refractivity contribution in [2.45, 2.75) is 26.4 Å². The Morgan fingerprint density at radius 1 is 1.32 bits per heavy atom. The van der Waals surface area contributed by atoms with Crippen molar-refractivity contribution in [3.63, 3.8) is 0 Å². The van der Waals surface area contributed by atoms with Crippen molar-refractivity contribution in [2.75, 3.05) is 5.73 Å². The largest absolute Gasteiger partial charge is 0.454 e. The van der Waals surface area contributed by atoms with Crippen molar-refractivity contribution < 1.29 is 13.9 Å². The van der Waals surface area contributed by atoms with Gasteiger partial charge < -0.3 is 14.9 Å². The fourth-order valence-electron chi connectivity index (χ4n) is 1.63. The Labute approximate surface area is 110 Å². The molecule has 0 aliphatic heterocycles. The van der Waals surface area contributed by atoms with Crippen molar-refractivity contribution in [2.24, 2.45) is 0 Å². The zero-order valence-corrected chi connectivity index (χ0v) is 11.0. The number of para-hydroxylation sites is 1. The van der Waals surface area contributed by atoms with Crippen LogP contribution in [0.4, 0.5) is 5.69 Å². The fourth-order valence-corrected chi connectivity index (χ4v) is 1.63. The molecular weight excluding hydrogens is 246 g/mol. The Balaban J connectivity index is 2.55. The second kappa shape index (κ2) is 4.42. The molecule has 19 heavy (non-hydrogen) atoms. The van der Waals surface area contributed by atoms with Crippen molar-refractivity contribution in [3.8, 4) is 0 Å². The van der Waals surface area contributed by atoms with E-state index in [1.54, 1.807) is 39.0 Å². The van der Waals surface area contributed by atoms with Crippen LogP contribution in [-0.4, -0.2) is 11.6 Å². The maximum atomic E-state index is 11.9. The van der Waals surface area contributed by atoms with Gasteiger partial charge in [0.1, 0.15) is 5.60 Å². The Hall–Kier alpha value is -2.30. The summed E-state index contributed by atoms with van der Waals surface area (Å²) in [5, 5.41) is 0.340. The first-order valence-corrected chi connectivity index (χ1v) is 5.83. The number of nitrogens with two attached hydrogens (primary N) is 1. The van der Waals surface area contributed by atoms with Gasteiger partial charge in [-0.2, -0.15) is 0 Å². The first-order chi connectivity index (χ1) is 8.78. The third-order valence-electron chi connectivity index (χ3n) is 2.39. The number of anilines is 1. The molecule has 0 fully saturated rings. The average molecular weight is 261 g/mol. The molecule has 2 N–H and O–H groups in total. The van der Waals surface area contributed by atoms with Gasteiger partial charge in [0.2, 0.25) is 5.76 Å². The molecule has 0 atom stereocenters. The molecule has 0 radical (unpaired) electrons. The summed E-state index contributed by atoms with van der Waals surface area (Å²) in [5.41, 5.74) is 5.26. The summed E-state index contributed by atoms with van der Waals surface area (Å²) >= 11 is 0. The second-order valence-electron chi connectivity index (χ2n) is 5.20. The average Bonchev–Trinajstić information content (AvgIpc) is 2.28. The SMILES string of the molecule is CC(C)(C)OC(=O)c1cc(=O)c2cccc(N)c2o1. The summed E-state index contributed by atoms with van der Waals surface area (Å²) in [6.07, 6.45) is 0. The van der Waals surface area contributed by atoms with Crippen molar-refractivity contribution >= 4 is 22.6 Å². The number of carbonyl (C=O) groups is 1. The molecule has 1 aromatic carbocycles. The van der Waals surface area contributed by atoms with E-state index in [0.29, 0.717) is 11.1 Å². The number of nitrogen functional groups attached to an aromatic ring is 1. The normalized spacial score (nSPS) is 11.5. The van der Waals surface area contributed by atoms with Crippen LogP contribution in [0, 0.1) is 0 Å². The molecule has 1 heterocycles.